The van der Waals surface area contributed by atoms with Crippen LogP contribution in [0.1, 0.15) is 5.56 Å². The minimum atomic E-state index is -0.695. The summed E-state index contributed by atoms with van der Waals surface area (Å²) in [4.78, 5) is 0. The Hall–Kier alpha value is -3.40. The van der Waals surface area contributed by atoms with E-state index in [4.69, 9.17) is 0 Å². The van der Waals surface area contributed by atoms with E-state index in [1.54, 1.807) is 6.07 Å². The third-order valence-electron chi connectivity index (χ3n) is 4.68. The molecule has 4 heteroatoms. The Kier molecular flexibility index (Phi) is 4.93. The maximum Gasteiger partial charge on any atom is 0.126 e. The predicted octanol–water partition coefficient (Wildman–Crippen LogP) is 7.55. The summed E-state index contributed by atoms with van der Waals surface area (Å²) in [6.45, 7) is 1.96. The normalized spacial score (nSPS) is 10.9. The molecule has 0 aliphatic carbocycles. The van der Waals surface area contributed by atoms with E-state index in [0.717, 1.165) is 28.8 Å². The summed E-state index contributed by atoms with van der Waals surface area (Å²) >= 11 is 0. The Morgan fingerprint density at radius 3 is 1.21 bits per heavy atom. The lowest BCUT2D eigenvalue weighted by Gasteiger charge is -2.12. The molecule has 0 aliphatic heterocycles. The van der Waals surface area contributed by atoms with Gasteiger partial charge >= 0.3 is 0 Å². The highest BCUT2D eigenvalue weighted by Gasteiger charge is 2.11. The van der Waals surface area contributed by atoms with Crippen LogP contribution in [-0.2, 0) is 0 Å². The van der Waals surface area contributed by atoms with E-state index in [-0.39, 0.29) is 0 Å². The van der Waals surface area contributed by atoms with Crippen molar-refractivity contribution in [1.29, 1.82) is 0 Å². The molecule has 4 aromatic rings. The maximum atomic E-state index is 13.8. The second-order valence-electron chi connectivity index (χ2n) is 6.98. The molecule has 0 amide bonds. The number of aryl methyl sites for hydroxylation is 1. The minimum absolute atomic E-state index is 0.343. The molecule has 0 saturated carbocycles. The van der Waals surface area contributed by atoms with Gasteiger partial charge in [-0.05, 0) is 82.8 Å². The molecule has 0 heterocycles. The quantitative estimate of drug-likeness (QED) is 0.316. The number of benzene rings is 4. The smallest absolute Gasteiger partial charge is 0.126 e. The molecule has 0 fully saturated rings. The van der Waals surface area contributed by atoms with Crippen LogP contribution in [0.3, 0.4) is 0 Å². The first-order chi connectivity index (χ1) is 13.9. The van der Waals surface area contributed by atoms with Gasteiger partial charge in [0.05, 0.1) is 0 Å². The lowest BCUT2D eigenvalue weighted by molar-refractivity contribution is 0.583. The molecule has 0 atom stereocenters. The van der Waals surface area contributed by atoms with Gasteiger partial charge in [0.25, 0.3) is 0 Å². The third kappa shape index (κ3) is 4.21. The van der Waals surface area contributed by atoms with E-state index >= 15 is 0 Å². The fourth-order valence-corrected chi connectivity index (χ4v) is 3.39. The molecule has 0 aromatic heterocycles. The van der Waals surface area contributed by atoms with Crippen LogP contribution in [0.2, 0.25) is 0 Å². The van der Waals surface area contributed by atoms with E-state index in [2.05, 4.69) is 0 Å². The van der Waals surface area contributed by atoms with Crippen LogP contribution < -0.4 is 0 Å². The number of hydrogen-bond donors (Lipinski definition) is 0. The maximum absolute atomic E-state index is 13.8. The molecule has 0 bridgehead atoms. The predicted molar refractivity (Wildman–Crippen MR) is 107 cm³/mol. The molecule has 0 N–H and O–H groups in total. The Balaban J connectivity index is 1.96. The van der Waals surface area contributed by atoms with Gasteiger partial charge in [-0.3, -0.25) is 0 Å². The van der Waals surface area contributed by atoms with Gasteiger partial charge in [0.1, 0.15) is 23.3 Å². The highest BCUT2D eigenvalue weighted by molar-refractivity contribution is 5.81. The molecule has 4 rings (SSSR count). The average molecular weight is 392 g/mol. The number of rotatable bonds is 3. The zero-order valence-corrected chi connectivity index (χ0v) is 15.5. The van der Waals surface area contributed by atoms with Crippen LogP contribution in [0, 0.1) is 30.2 Å². The second kappa shape index (κ2) is 7.55. The molecule has 0 aliphatic rings. The van der Waals surface area contributed by atoms with Crippen molar-refractivity contribution < 1.29 is 17.6 Å². The van der Waals surface area contributed by atoms with Crippen LogP contribution in [0.25, 0.3) is 33.4 Å². The van der Waals surface area contributed by atoms with Gasteiger partial charge in [0, 0.05) is 12.1 Å². The first kappa shape index (κ1) is 18.9. The van der Waals surface area contributed by atoms with Crippen LogP contribution in [0.5, 0.6) is 0 Å². The summed E-state index contributed by atoms with van der Waals surface area (Å²) in [5.41, 5.74) is 4.48. The van der Waals surface area contributed by atoms with E-state index in [1.807, 2.05) is 43.3 Å². The lowest BCUT2D eigenvalue weighted by atomic mass is 9.93. The first-order valence-electron chi connectivity index (χ1n) is 9.02. The van der Waals surface area contributed by atoms with Crippen molar-refractivity contribution in [1.82, 2.24) is 0 Å². The molecule has 4 aromatic carbocycles. The zero-order valence-electron chi connectivity index (χ0n) is 15.5. The molecule has 0 saturated heterocycles. The molecule has 29 heavy (non-hydrogen) atoms. The summed E-state index contributed by atoms with van der Waals surface area (Å²) in [5.74, 6) is -2.78. The van der Waals surface area contributed by atoms with Crippen molar-refractivity contribution in [3.05, 3.63) is 108 Å². The SMILES string of the molecule is Cc1cccc(-c2cc(-c3cc(F)cc(F)c3)cc(-c3cc(F)cc(F)c3)c2)c1. The van der Waals surface area contributed by atoms with E-state index < -0.39 is 23.3 Å². The van der Waals surface area contributed by atoms with Gasteiger partial charge in [0.2, 0.25) is 0 Å². The fraction of sp³-hybridized carbons (Fsp3) is 0.0400. The summed E-state index contributed by atoms with van der Waals surface area (Å²) < 4.78 is 55.1. The number of halogens is 4. The summed E-state index contributed by atoms with van der Waals surface area (Å²) in [5, 5.41) is 0. The fourth-order valence-electron chi connectivity index (χ4n) is 3.39. The standard InChI is InChI=1S/C25H16F4/c1-15-3-2-4-16(5-15)17-6-18(20-9-22(26)13-23(27)10-20)8-19(7-17)21-11-24(28)14-25(29)12-21/h2-14H,1H3. The third-order valence-corrected chi connectivity index (χ3v) is 4.68. The number of hydrogen-bond acceptors (Lipinski definition) is 0. The van der Waals surface area contributed by atoms with Crippen molar-refractivity contribution in [3.8, 4) is 33.4 Å². The van der Waals surface area contributed by atoms with Gasteiger partial charge in [-0.15, -0.1) is 0 Å². The second-order valence-corrected chi connectivity index (χ2v) is 6.98. The largest absolute Gasteiger partial charge is 0.207 e. The van der Waals surface area contributed by atoms with Crippen LogP contribution >= 0.6 is 0 Å². The van der Waals surface area contributed by atoms with Crippen LogP contribution in [0.4, 0.5) is 17.6 Å². The summed E-state index contributed by atoms with van der Waals surface area (Å²) in [6, 6.07) is 19.6. The van der Waals surface area contributed by atoms with Crippen LogP contribution in [-0.4, -0.2) is 0 Å². The molecule has 0 unspecified atom stereocenters. The lowest BCUT2D eigenvalue weighted by Crippen LogP contribution is -1.90. The van der Waals surface area contributed by atoms with E-state index in [1.165, 1.54) is 24.3 Å². The average Bonchev–Trinajstić information content (AvgIpc) is 2.66. The zero-order chi connectivity index (χ0) is 20.5. The molecule has 0 spiro atoms. The van der Waals surface area contributed by atoms with Crippen molar-refractivity contribution >= 4 is 0 Å². The molecular weight excluding hydrogens is 376 g/mol. The topological polar surface area (TPSA) is 0 Å². The molecular formula is C25H16F4. The Bertz CT molecular complexity index is 1100. The summed E-state index contributed by atoms with van der Waals surface area (Å²) in [7, 11) is 0. The Labute approximate surface area is 166 Å². The van der Waals surface area contributed by atoms with Gasteiger partial charge in [-0.1, -0.05) is 29.8 Å². The Morgan fingerprint density at radius 2 is 0.793 bits per heavy atom. The Morgan fingerprint density at radius 1 is 0.414 bits per heavy atom. The van der Waals surface area contributed by atoms with Crippen molar-refractivity contribution in [2.75, 3.05) is 0 Å². The van der Waals surface area contributed by atoms with Crippen LogP contribution in [0.15, 0.2) is 78.9 Å². The van der Waals surface area contributed by atoms with Crippen molar-refractivity contribution in [2.24, 2.45) is 0 Å². The summed E-state index contributed by atoms with van der Waals surface area (Å²) in [6.07, 6.45) is 0. The van der Waals surface area contributed by atoms with Crippen molar-refractivity contribution in [3.63, 3.8) is 0 Å². The highest BCUT2D eigenvalue weighted by atomic mass is 19.1. The van der Waals surface area contributed by atoms with Gasteiger partial charge in [-0.2, -0.15) is 0 Å². The molecule has 0 nitrogen and oxygen atoms in total. The van der Waals surface area contributed by atoms with Crippen molar-refractivity contribution in [2.45, 2.75) is 6.92 Å². The van der Waals surface area contributed by atoms with E-state index in [9.17, 15) is 17.6 Å². The van der Waals surface area contributed by atoms with Gasteiger partial charge in [-0.25, -0.2) is 17.6 Å². The minimum Gasteiger partial charge on any atom is -0.207 e. The monoisotopic (exact) mass is 392 g/mol. The van der Waals surface area contributed by atoms with E-state index in [0.29, 0.717) is 22.3 Å². The van der Waals surface area contributed by atoms with Gasteiger partial charge in [0.15, 0.2) is 0 Å². The highest BCUT2D eigenvalue weighted by Crippen LogP contribution is 2.34. The molecule has 0 radical (unpaired) electrons. The molecule has 144 valence electrons. The first-order valence-corrected chi connectivity index (χ1v) is 9.02. The van der Waals surface area contributed by atoms with Gasteiger partial charge < -0.3 is 0 Å².